The number of phenolic OH excluding ortho intramolecular Hbond substituents is 1. The van der Waals surface area contributed by atoms with Crippen molar-refractivity contribution < 1.29 is 7.96 Å². The third kappa shape index (κ3) is 6.39. The van der Waals surface area contributed by atoms with Crippen molar-refractivity contribution in [2.45, 2.75) is 51.9 Å². The normalized spacial score (nSPS) is 9.81. The van der Waals surface area contributed by atoms with Gasteiger partial charge in [0.2, 0.25) is 0 Å². The van der Waals surface area contributed by atoms with E-state index < -0.39 is 0 Å². The van der Waals surface area contributed by atoms with Gasteiger partial charge >= 0.3 is 23.1 Å². The Morgan fingerprint density at radius 2 is 1.62 bits per heavy atom. The zero-order valence-corrected chi connectivity index (χ0v) is 11.8. The van der Waals surface area contributed by atoms with Crippen molar-refractivity contribution in [3.63, 3.8) is 0 Å². The molecule has 0 aliphatic heterocycles. The van der Waals surface area contributed by atoms with Crippen molar-refractivity contribution in [3.8, 4) is 5.75 Å². The largest absolute Gasteiger partial charge is 2.00 e. The van der Waals surface area contributed by atoms with E-state index >= 15 is 0 Å². The Hall–Kier alpha value is -0.214. The molecular weight excluding hydrogens is 208 g/mol. The summed E-state index contributed by atoms with van der Waals surface area (Å²) in [7, 11) is 0. The molecule has 0 bridgehead atoms. The predicted octanol–water partition coefficient (Wildman–Crippen LogP) is 4.14. The molecule has 1 aromatic rings. The SMILES string of the molecule is CCCCCCCCc1ccccc1O.[H-].[H-].[Mg+2]. The minimum absolute atomic E-state index is 0. The molecule has 0 heterocycles. The Morgan fingerprint density at radius 1 is 1.00 bits per heavy atom. The van der Waals surface area contributed by atoms with E-state index in [0.29, 0.717) is 5.75 Å². The van der Waals surface area contributed by atoms with Crippen molar-refractivity contribution in [2.24, 2.45) is 0 Å². The summed E-state index contributed by atoms with van der Waals surface area (Å²) in [4.78, 5) is 0. The molecule has 2 heteroatoms. The number of rotatable bonds is 7. The Balaban J connectivity index is -0.000000750. The van der Waals surface area contributed by atoms with Gasteiger partial charge in [-0.05, 0) is 24.5 Å². The van der Waals surface area contributed by atoms with Gasteiger partial charge in [0, 0.05) is 0 Å². The van der Waals surface area contributed by atoms with Gasteiger partial charge in [-0.2, -0.15) is 0 Å². The standard InChI is InChI=1S/C14H22O.Mg.2H/c1-2-3-4-5-6-7-10-13-11-8-9-12-14(13)15;;;/h8-9,11-12,15H,2-7,10H2,1H3;;;/q;+2;2*-1. The fraction of sp³-hybridized carbons (Fsp3) is 0.571. The molecule has 0 aliphatic carbocycles. The van der Waals surface area contributed by atoms with Gasteiger partial charge in [0.1, 0.15) is 5.75 Å². The molecule has 0 spiro atoms. The number of hydrogen-bond acceptors (Lipinski definition) is 1. The average molecular weight is 233 g/mol. The fourth-order valence-electron chi connectivity index (χ4n) is 1.82. The molecule has 0 atom stereocenters. The number of unbranched alkanes of at least 4 members (excludes halogenated alkanes) is 5. The molecule has 0 saturated carbocycles. The molecule has 0 amide bonds. The van der Waals surface area contributed by atoms with Crippen LogP contribution in [0, 0.1) is 0 Å². The smallest absolute Gasteiger partial charge is 1.00 e. The van der Waals surface area contributed by atoms with Crippen LogP contribution in [0.3, 0.4) is 0 Å². The second-order valence-electron chi connectivity index (χ2n) is 4.15. The molecule has 0 fully saturated rings. The first kappa shape index (κ1) is 15.8. The number of aromatic hydroxyl groups is 1. The van der Waals surface area contributed by atoms with Gasteiger partial charge in [0.15, 0.2) is 0 Å². The maximum atomic E-state index is 9.55. The molecule has 1 rings (SSSR count). The van der Waals surface area contributed by atoms with E-state index in [2.05, 4.69) is 6.92 Å². The molecule has 1 nitrogen and oxygen atoms in total. The van der Waals surface area contributed by atoms with Crippen LogP contribution in [0.2, 0.25) is 0 Å². The Labute approximate surface area is 118 Å². The number of aryl methyl sites for hydroxylation is 1. The molecule has 0 aromatic heterocycles. The average Bonchev–Trinajstić information content (AvgIpc) is 2.25. The van der Waals surface area contributed by atoms with Gasteiger partial charge in [-0.3, -0.25) is 0 Å². The van der Waals surface area contributed by atoms with Gasteiger partial charge in [-0.15, -0.1) is 0 Å². The first-order valence-electron chi connectivity index (χ1n) is 6.11. The first-order valence-corrected chi connectivity index (χ1v) is 6.11. The van der Waals surface area contributed by atoms with E-state index in [0.717, 1.165) is 12.0 Å². The summed E-state index contributed by atoms with van der Waals surface area (Å²) in [6.07, 6.45) is 8.85. The molecule has 0 radical (unpaired) electrons. The van der Waals surface area contributed by atoms with Crippen molar-refractivity contribution in [1.82, 2.24) is 0 Å². The fourth-order valence-corrected chi connectivity index (χ4v) is 1.82. The quantitative estimate of drug-likeness (QED) is 0.553. The van der Waals surface area contributed by atoms with E-state index in [1.165, 1.54) is 38.5 Å². The molecule has 0 unspecified atom stereocenters. The molecule has 0 saturated heterocycles. The van der Waals surface area contributed by atoms with Crippen molar-refractivity contribution in [3.05, 3.63) is 29.8 Å². The van der Waals surface area contributed by atoms with Crippen LogP contribution in [0.1, 0.15) is 53.9 Å². The maximum absolute atomic E-state index is 9.55. The molecule has 0 aliphatic rings. The number of hydrogen-bond donors (Lipinski definition) is 1. The van der Waals surface area contributed by atoms with Crippen LogP contribution in [0.4, 0.5) is 0 Å². The summed E-state index contributed by atoms with van der Waals surface area (Å²) >= 11 is 0. The van der Waals surface area contributed by atoms with Crippen LogP contribution in [0.5, 0.6) is 5.75 Å². The minimum atomic E-state index is 0. The van der Waals surface area contributed by atoms with Crippen LogP contribution >= 0.6 is 0 Å². The summed E-state index contributed by atoms with van der Waals surface area (Å²) in [5.41, 5.74) is 1.09. The van der Waals surface area contributed by atoms with E-state index in [-0.39, 0.29) is 25.9 Å². The maximum Gasteiger partial charge on any atom is 2.00 e. The second-order valence-corrected chi connectivity index (χ2v) is 4.15. The van der Waals surface area contributed by atoms with Crippen molar-refractivity contribution in [1.29, 1.82) is 0 Å². The van der Waals surface area contributed by atoms with Gasteiger partial charge in [-0.25, -0.2) is 0 Å². The number of phenols is 1. The Morgan fingerprint density at radius 3 is 2.31 bits per heavy atom. The summed E-state index contributed by atoms with van der Waals surface area (Å²) in [6.45, 7) is 2.24. The van der Waals surface area contributed by atoms with Crippen molar-refractivity contribution in [2.75, 3.05) is 0 Å². The van der Waals surface area contributed by atoms with Crippen LogP contribution in [-0.4, -0.2) is 28.2 Å². The third-order valence-electron chi connectivity index (χ3n) is 2.79. The van der Waals surface area contributed by atoms with Gasteiger partial charge < -0.3 is 7.96 Å². The minimum Gasteiger partial charge on any atom is -1.00 e. The molecule has 88 valence electrons. The Bertz CT molecular complexity index is 282. The summed E-state index contributed by atoms with van der Waals surface area (Å²) in [5, 5.41) is 9.55. The molecule has 1 N–H and O–H groups in total. The number of benzene rings is 1. The third-order valence-corrected chi connectivity index (χ3v) is 2.79. The molecular formula is C14H24MgO. The predicted molar refractivity (Wildman–Crippen MR) is 73.2 cm³/mol. The first-order chi connectivity index (χ1) is 7.34. The second kappa shape index (κ2) is 9.97. The van der Waals surface area contributed by atoms with E-state index in [1.54, 1.807) is 6.07 Å². The van der Waals surface area contributed by atoms with Crippen LogP contribution in [0.15, 0.2) is 24.3 Å². The zero-order chi connectivity index (χ0) is 10.9. The topological polar surface area (TPSA) is 20.2 Å². The van der Waals surface area contributed by atoms with E-state index in [9.17, 15) is 5.11 Å². The van der Waals surface area contributed by atoms with E-state index in [4.69, 9.17) is 0 Å². The zero-order valence-electron chi connectivity index (χ0n) is 12.4. The summed E-state index contributed by atoms with van der Waals surface area (Å²) < 4.78 is 0. The molecule has 16 heavy (non-hydrogen) atoms. The van der Waals surface area contributed by atoms with Crippen LogP contribution < -0.4 is 0 Å². The van der Waals surface area contributed by atoms with Gasteiger partial charge in [-0.1, -0.05) is 57.2 Å². The monoisotopic (exact) mass is 232 g/mol. The Kier molecular flexibility index (Phi) is 9.84. The van der Waals surface area contributed by atoms with Crippen LogP contribution in [0.25, 0.3) is 0 Å². The molecule has 1 aromatic carbocycles. The van der Waals surface area contributed by atoms with Gasteiger partial charge in [0.05, 0.1) is 0 Å². The number of para-hydroxylation sites is 1. The van der Waals surface area contributed by atoms with E-state index in [1.807, 2.05) is 18.2 Å². The summed E-state index contributed by atoms with van der Waals surface area (Å²) in [5.74, 6) is 0.450. The summed E-state index contributed by atoms with van der Waals surface area (Å²) in [6, 6.07) is 7.65. The van der Waals surface area contributed by atoms with Crippen molar-refractivity contribution >= 4 is 23.1 Å². The van der Waals surface area contributed by atoms with Gasteiger partial charge in [0.25, 0.3) is 0 Å². The van der Waals surface area contributed by atoms with Crippen LogP contribution in [-0.2, 0) is 6.42 Å².